The Hall–Kier alpha value is -4.86. The van der Waals surface area contributed by atoms with E-state index in [4.69, 9.17) is 23.4 Å². The van der Waals surface area contributed by atoms with Crippen molar-refractivity contribution >= 4 is 18.2 Å². The molecule has 0 amide bonds. The molecule has 12 nitrogen and oxygen atoms in total. The quantitative estimate of drug-likeness (QED) is 0.195. The zero-order valence-electron chi connectivity index (χ0n) is 35.0. The summed E-state index contributed by atoms with van der Waals surface area (Å²) in [6.45, 7) is 19.0. The van der Waals surface area contributed by atoms with E-state index in [0.29, 0.717) is 30.4 Å². The van der Waals surface area contributed by atoms with Gasteiger partial charge in [-0.2, -0.15) is 5.26 Å². The summed E-state index contributed by atoms with van der Waals surface area (Å²) >= 11 is 0. The van der Waals surface area contributed by atoms with Crippen molar-refractivity contribution < 1.29 is 42.9 Å². The van der Waals surface area contributed by atoms with Crippen LogP contribution in [0, 0.1) is 40.4 Å². The number of pyridine rings is 1. The SMILES string of the molecule is CC.CC.CC(C)C(=O)OC1CCC2(C)C(CC(OC(=O)c3ccc(C#N)cc3)C3(C)Oc4cc(-c5cccnc5)oc(=O)c4C(O)C23)C1C.CC=O.COC. The lowest BCUT2D eigenvalue weighted by Gasteiger charge is -2.64. The van der Waals surface area contributed by atoms with Gasteiger partial charge in [-0.25, -0.2) is 9.59 Å². The number of nitrogens with zero attached hydrogens (tertiary/aromatic N) is 2. The lowest BCUT2D eigenvalue weighted by molar-refractivity contribution is -0.244. The molecule has 3 heterocycles. The normalized spacial score (nSPS) is 26.5. The third kappa shape index (κ3) is 10.1. The lowest BCUT2D eigenvalue weighted by Crippen LogP contribution is -2.69. The first-order valence-electron chi connectivity index (χ1n) is 19.4. The van der Waals surface area contributed by atoms with Gasteiger partial charge >= 0.3 is 17.6 Å². The van der Waals surface area contributed by atoms with Crippen LogP contribution in [0.5, 0.6) is 5.75 Å². The van der Waals surface area contributed by atoms with Crippen LogP contribution in [-0.2, 0) is 23.8 Å². The van der Waals surface area contributed by atoms with Crippen LogP contribution in [-0.4, -0.2) is 60.3 Å². The number of aliphatic hydroxyl groups is 1. The zero-order chi connectivity index (χ0) is 42.4. The molecular formula is C44H60N2O10. The third-order valence-corrected chi connectivity index (χ3v) is 10.5. The molecule has 0 spiro atoms. The van der Waals surface area contributed by atoms with Gasteiger partial charge in [0.2, 0.25) is 0 Å². The molecule has 12 heteroatoms. The number of aliphatic hydroxyl groups excluding tert-OH is 1. The molecule has 306 valence electrons. The minimum Gasteiger partial charge on any atom is -0.482 e. The zero-order valence-corrected chi connectivity index (χ0v) is 35.0. The van der Waals surface area contributed by atoms with Crippen molar-refractivity contribution in [2.24, 2.45) is 29.1 Å². The molecule has 3 aromatic rings. The number of carbonyl (C=O) groups excluding carboxylic acids is 3. The summed E-state index contributed by atoms with van der Waals surface area (Å²) in [6.07, 6.45) is 2.96. The average Bonchev–Trinajstić information content (AvgIpc) is 3.18. The number of benzene rings is 1. The molecule has 3 aliphatic rings. The smallest absolute Gasteiger partial charge is 0.345 e. The third-order valence-electron chi connectivity index (χ3n) is 10.5. The number of carbonyl (C=O) groups is 3. The van der Waals surface area contributed by atoms with Crippen LogP contribution in [0.3, 0.4) is 0 Å². The van der Waals surface area contributed by atoms with Gasteiger partial charge in [0.1, 0.15) is 41.2 Å². The molecular weight excluding hydrogens is 716 g/mol. The van der Waals surface area contributed by atoms with Crippen molar-refractivity contribution in [1.29, 1.82) is 5.26 Å². The molecule has 2 aliphatic carbocycles. The Balaban J connectivity index is 0.000000990. The summed E-state index contributed by atoms with van der Waals surface area (Å²) in [7, 11) is 3.25. The average molecular weight is 777 g/mol. The van der Waals surface area contributed by atoms with E-state index in [1.807, 2.05) is 47.6 Å². The van der Waals surface area contributed by atoms with Gasteiger partial charge in [-0.05, 0) is 86.8 Å². The van der Waals surface area contributed by atoms with Crippen LogP contribution in [0.25, 0.3) is 11.3 Å². The highest BCUT2D eigenvalue weighted by Crippen LogP contribution is 2.65. The number of ether oxygens (including phenoxy) is 4. The summed E-state index contributed by atoms with van der Waals surface area (Å²) in [4.78, 5) is 52.7. The molecule has 6 rings (SSSR count). The lowest BCUT2D eigenvalue weighted by atomic mass is 9.46. The van der Waals surface area contributed by atoms with E-state index < -0.39 is 40.7 Å². The van der Waals surface area contributed by atoms with E-state index in [0.717, 1.165) is 6.29 Å². The second kappa shape index (κ2) is 21.4. The molecule has 2 fully saturated rings. The first-order valence-corrected chi connectivity index (χ1v) is 19.4. The highest BCUT2D eigenvalue weighted by atomic mass is 16.6. The number of esters is 2. The summed E-state index contributed by atoms with van der Waals surface area (Å²) < 4.78 is 28.9. The fraction of sp³-hybridized carbons (Fsp3) is 0.545. The Morgan fingerprint density at radius 2 is 1.68 bits per heavy atom. The Kier molecular flexibility index (Phi) is 18.1. The summed E-state index contributed by atoms with van der Waals surface area (Å²) in [5.41, 5.74) is -1.28. The Morgan fingerprint density at radius 1 is 1.07 bits per heavy atom. The van der Waals surface area contributed by atoms with Crippen LogP contribution < -0.4 is 10.4 Å². The van der Waals surface area contributed by atoms with E-state index in [1.54, 1.807) is 70.8 Å². The number of hydrogen-bond acceptors (Lipinski definition) is 12. The molecule has 0 saturated heterocycles. The van der Waals surface area contributed by atoms with Crippen LogP contribution in [0.2, 0.25) is 0 Å². The Bertz CT molecular complexity index is 1820. The molecule has 8 atom stereocenters. The van der Waals surface area contributed by atoms with Crippen LogP contribution >= 0.6 is 0 Å². The number of fused-ring (bicyclic) bond motifs is 4. The predicted molar refractivity (Wildman–Crippen MR) is 213 cm³/mol. The van der Waals surface area contributed by atoms with E-state index >= 15 is 0 Å². The maximum Gasteiger partial charge on any atom is 0.345 e. The monoisotopic (exact) mass is 776 g/mol. The Morgan fingerprint density at radius 3 is 2.21 bits per heavy atom. The number of rotatable bonds is 5. The number of aromatic nitrogens is 1. The summed E-state index contributed by atoms with van der Waals surface area (Å²) in [6, 6.07) is 13.3. The van der Waals surface area contributed by atoms with Gasteiger partial charge in [0.15, 0.2) is 0 Å². The topological polar surface area (TPSA) is 175 Å². The highest BCUT2D eigenvalue weighted by Gasteiger charge is 2.68. The molecule has 0 radical (unpaired) electrons. The first-order chi connectivity index (χ1) is 26.7. The largest absolute Gasteiger partial charge is 0.482 e. The predicted octanol–water partition coefficient (Wildman–Crippen LogP) is 8.14. The summed E-state index contributed by atoms with van der Waals surface area (Å²) in [5, 5.41) is 21.4. The summed E-state index contributed by atoms with van der Waals surface area (Å²) in [5.74, 6) is -1.74. The molecule has 8 unspecified atom stereocenters. The van der Waals surface area contributed by atoms with Crippen LogP contribution in [0.4, 0.5) is 0 Å². The number of aldehydes is 1. The van der Waals surface area contributed by atoms with E-state index in [2.05, 4.69) is 16.6 Å². The van der Waals surface area contributed by atoms with Crippen molar-refractivity contribution in [3.63, 3.8) is 0 Å². The van der Waals surface area contributed by atoms with Crippen molar-refractivity contribution in [1.82, 2.24) is 4.98 Å². The number of hydrogen-bond donors (Lipinski definition) is 1. The van der Waals surface area contributed by atoms with Gasteiger partial charge < -0.3 is 33.3 Å². The molecule has 1 N–H and O–H groups in total. The molecule has 2 saturated carbocycles. The minimum atomic E-state index is -1.29. The maximum atomic E-state index is 13.6. The highest BCUT2D eigenvalue weighted by molar-refractivity contribution is 5.89. The number of methoxy groups -OCH3 is 1. The second-order valence-corrected chi connectivity index (χ2v) is 14.2. The Labute approximate surface area is 331 Å². The molecule has 56 heavy (non-hydrogen) atoms. The number of nitriles is 1. The molecule has 1 aromatic carbocycles. The molecule has 1 aliphatic heterocycles. The van der Waals surface area contributed by atoms with Crippen molar-refractivity contribution in [2.45, 2.75) is 112 Å². The fourth-order valence-corrected chi connectivity index (χ4v) is 8.14. The molecule has 0 bridgehead atoms. The van der Waals surface area contributed by atoms with Gasteiger partial charge in [-0.1, -0.05) is 55.4 Å². The minimum absolute atomic E-state index is 0.0233. The van der Waals surface area contributed by atoms with E-state index in [1.165, 1.54) is 19.1 Å². The molecule has 2 aromatic heterocycles. The van der Waals surface area contributed by atoms with Crippen molar-refractivity contribution in [3.05, 3.63) is 82.0 Å². The van der Waals surface area contributed by atoms with Crippen LogP contribution in [0.1, 0.15) is 116 Å². The fourth-order valence-electron chi connectivity index (χ4n) is 8.14. The second-order valence-electron chi connectivity index (χ2n) is 14.2. The van der Waals surface area contributed by atoms with Gasteiger partial charge in [0, 0.05) is 44.2 Å². The first kappa shape index (κ1) is 47.3. The van der Waals surface area contributed by atoms with Crippen molar-refractivity contribution in [2.75, 3.05) is 14.2 Å². The van der Waals surface area contributed by atoms with Crippen molar-refractivity contribution in [3.8, 4) is 23.1 Å². The standard InChI is InChI=1S/C36H38N2O8.C2H6O.C2H4O.2C2H6/c1-19(2)32(40)43-25-12-13-35(4)24(20(25)3)15-28(45-33(41)22-10-8-21(17-37)9-11-22)36(5)31(35)30(39)29-27(46-36)16-26(44-34(29)42)23-7-6-14-38-18-23;1-3-2;1-2-3;2*1-2/h6-11,14,16,18-20,24-25,28,30-31,39H,12-13,15H2,1-5H3;1-2H3;2H,1H3;2*1-2H3. The van der Waals surface area contributed by atoms with Gasteiger partial charge in [0.05, 0.1) is 29.2 Å². The van der Waals surface area contributed by atoms with Gasteiger partial charge in [-0.15, -0.1) is 0 Å². The van der Waals surface area contributed by atoms with Gasteiger partial charge in [0.25, 0.3) is 0 Å². The van der Waals surface area contributed by atoms with Gasteiger partial charge in [-0.3, -0.25) is 9.78 Å². The van der Waals surface area contributed by atoms with E-state index in [-0.39, 0.29) is 52.5 Å². The van der Waals surface area contributed by atoms with Crippen LogP contribution in [0.15, 0.2) is 64.1 Å². The maximum absolute atomic E-state index is 13.6. The van der Waals surface area contributed by atoms with E-state index in [9.17, 15) is 24.8 Å².